The first-order chi connectivity index (χ1) is 8.61. The van der Waals surface area contributed by atoms with Crippen LogP contribution >= 0.6 is 15.9 Å². The van der Waals surface area contributed by atoms with Crippen molar-refractivity contribution in [3.8, 4) is 0 Å². The molecule has 0 aliphatic carbocycles. The zero-order chi connectivity index (χ0) is 13.1. The number of rotatable bonds is 3. The monoisotopic (exact) mass is 307 g/mol. The van der Waals surface area contributed by atoms with Crippen LogP contribution in [0.4, 0.5) is 0 Å². The van der Waals surface area contributed by atoms with Gasteiger partial charge in [0.15, 0.2) is 0 Å². The molecule has 0 N–H and O–H groups in total. The number of carbonyl (C=O) groups excluding carboxylic acids is 1. The highest BCUT2D eigenvalue weighted by Gasteiger charge is 2.04. The Labute approximate surface area is 114 Å². The molecule has 4 heteroatoms. The maximum Gasteiger partial charge on any atom is 0.330 e. The van der Waals surface area contributed by atoms with Crippen molar-refractivity contribution in [3.05, 3.63) is 40.5 Å². The maximum absolute atomic E-state index is 11.3. The van der Waals surface area contributed by atoms with Crippen molar-refractivity contribution in [2.45, 2.75) is 6.92 Å². The van der Waals surface area contributed by atoms with Crippen LogP contribution < -0.4 is 0 Å². The number of hydrogen-bond acceptors (Lipinski definition) is 2. The van der Waals surface area contributed by atoms with E-state index in [9.17, 15) is 4.79 Å². The number of halogens is 1. The second-order valence-corrected chi connectivity index (χ2v) is 4.83. The first-order valence-electron chi connectivity index (χ1n) is 5.71. The van der Waals surface area contributed by atoms with Crippen molar-refractivity contribution in [1.29, 1.82) is 0 Å². The lowest BCUT2D eigenvalue weighted by Gasteiger charge is -1.99. The van der Waals surface area contributed by atoms with Gasteiger partial charge in [-0.3, -0.25) is 0 Å². The lowest BCUT2D eigenvalue weighted by Crippen LogP contribution is -1.99. The summed E-state index contributed by atoms with van der Waals surface area (Å²) in [5.41, 5.74) is 2.10. The molecule has 2 aromatic rings. The fourth-order valence-electron chi connectivity index (χ4n) is 1.85. The molecule has 1 aromatic heterocycles. The second kappa shape index (κ2) is 5.40. The van der Waals surface area contributed by atoms with E-state index in [2.05, 4.69) is 22.0 Å². The van der Waals surface area contributed by atoms with E-state index < -0.39 is 0 Å². The molecule has 0 radical (unpaired) electrons. The number of fused-ring (bicyclic) bond motifs is 1. The van der Waals surface area contributed by atoms with E-state index in [1.807, 2.05) is 29.8 Å². The summed E-state index contributed by atoms with van der Waals surface area (Å²) < 4.78 is 7.94. The van der Waals surface area contributed by atoms with E-state index in [1.165, 1.54) is 6.08 Å². The minimum Gasteiger partial charge on any atom is -0.463 e. The minimum atomic E-state index is -0.316. The van der Waals surface area contributed by atoms with Gasteiger partial charge in [-0.1, -0.05) is 15.9 Å². The smallest absolute Gasteiger partial charge is 0.330 e. The number of aryl methyl sites for hydroxylation is 1. The van der Waals surface area contributed by atoms with Gasteiger partial charge < -0.3 is 9.30 Å². The Morgan fingerprint density at radius 2 is 2.22 bits per heavy atom. The number of ether oxygens (including phenoxy) is 1. The molecule has 0 fully saturated rings. The summed E-state index contributed by atoms with van der Waals surface area (Å²) in [7, 11) is 1.97. The molecule has 1 aromatic carbocycles. The van der Waals surface area contributed by atoms with E-state index in [-0.39, 0.29) is 5.97 Å². The van der Waals surface area contributed by atoms with Crippen LogP contribution in [0.1, 0.15) is 12.6 Å². The molecule has 0 spiro atoms. The largest absolute Gasteiger partial charge is 0.463 e. The molecular formula is C14H14BrNO2. The topological polar surface area (TPSA) is 31.2 Å². The Hall–Kier alpha value is -1.55. The van der Waals surface area contributed by atoms with Crippen LogP contribution in [-0.4, -0.2) is 17.1 Å². The number of esters is 1. The van der Waals surface area contributed by atoms with Crippen LogP contribution in [0.3, 0.4) is 0 Å². The maximum atomic E-state index is 11.3. The Balaban J connectivity index is 2.34. The van der Waals surface area contributed by atoms with Crippen LogP contribution in [-0.2, 0) is 16.6 Å². The molecule has 0 amide bonds. The normalized spacial score (nSPS) is 11.3. The standard InChI is InChI=1S/C14H14BrNO2/c1-3-18-14(17)7-5-12-9-10-8-11(15)4-6-13(10)16(12)2/h4-9H,3H2,1-2H3/b7-5+. The van der Waals surface area contributed by atoms with Crippen LogP contribution in [0.2, 0.25) is 0 Å². The third-order valence-corrected chi connectivity index (χ3v) is 3.21. The third-order valence-electron chi connectivity index (χ3n) is 2.72. The molecule has 0 unspecified atom stereocenters. The van der Waals surface area contributed by atoms with Gasteiger partial charge in [-0.15, -0.1) is 0 Å². The summed E-state index contributed by atoms with van der Waals surface area (Å²) >= 11 is 3.45. The van der Waals surface area contributed by atoms with Gasteiger partial charge in [-0.25, -0.2) is 4.79 Å². The van der Waals surface area contributed by atoms with E-state index in [0.717, 1.165) is 21.1 Å². The third kappa shape index (κ3) is 2.64. The highest BCUT2D eigenvalue weighted by atomic mass is 79.9. The van der Waals surface area contributed by atoms with Gasteiger partial charge in [-0.05, 0) is 37.3 Å². The van der Waals surface area contributed by atoms with E-state index in [1.54, 1.807) is 13.0 Å². The number of aromatic nitrogens is 1. The Kier molecular flexibility index (Phi) is 3.87. The predicted molar refractivity (Wildman–Crippen MR) is 76.3 cm³/mol. The minimum absolute atomic E-state index is 0.316. The lowest BCUT2D eigenvalue weighted by atomic mass is 10.2. The van der Waals surface area contributed by atoms with Gasteiger partial charge in [-0.2, -0.15) is 0 Å². The van der Waals surface area contributed by atoms with Gasteiger partial charge in [0.2, 0.25) is 0 Å². The van der Waals surface area contributed by atoms with Crippen LogP contribution in [0, 0.1) is 0 Å². The molecule has 0 aliphatic heterocycles. The van der Waals surface area contributed by atoms with Crippen LogP contribution in [0.15, 0.2) is 34.8 Å². The average Bonchev–Trinajstić information content (AvgIpc) is 2.63. The van der Waals surface area contributed by atoms with Gasteiger partial charge in [0, 0.05) is 34.2 Å². The summed E-state index contributed by atoms with van der Waals surface area (Å²) in [5.74, 6) is -0.316. The first-order valence-corrected chi connectivity index (χ1v) is 6.51. The Bertz CT molecular complexity index is 614. The molecule has 18 heavy (non-hydrogen) atoms. The average molecular weight is 308 g/mol. The summed E-state index contributed by atoms with van der Waals surface area (Å²) in [6.45, 7) is 2.19. The van der Waals surface area contributed by atoms with E-state index in [0.29, 0.717) is 6.61 Å². The van der Waals surface area contributed by atoms with Crippen molar-refractivity contribution in [1.82, 2.24) is 4.57 Å². The Morgan fingerprint density at radius 3 is 2.94 bits per heavy atom. The van der Waals surface area contributed by atoms with Gasteiger partial charge in [0.1, 0.15) is 0 Å². The molecule has 0 saturated carbocycles. The summed E-state index contributed by atoms with van der Waals surface area (Å²) in [6, 6.07) is 8.13. The first kappa shape index (κ1) is 12.9. The summed E-state index contributed by atoms with van der Waals surface area (Å²) in [4.78, 5) is 11.3. The van der Waals surface area contributed by atoms with Gasteiger partial charge in [0.05, 0.1) is 6.61 Å². The molecule has 0 bridgehead atoms. The van der Waals surface area contributed by atoms with Crippen molar-refractivity contribution >= 4 is 38.9 Å². The van der Waals surface area contributed by atoms with E-state index >= 15 is 0 Å². The number of benzene rings is 1. The SMILES string of the molecule is CCOC(=O)/C=C/c1cc2cc(Br)ccc2n1C. The van der Waals surface area contributed by atoms with E-state index in [4.69, 9.17) is 4.74 Å². The zero-order valence-electron chi connectivity index (χ0n) is 10.3. The number of carbonyl (C=O) groups is 1. The molecular weight excluding hydrogens is 294 g/mol. The van der Waals surface area contributed by atoms with Gasteiger partial charge in [0.25, 0.3) is 0 Å². The lowest BCUT2D eigenvalue weighted by molar-refractivity contribution is -0.137. The molecule has 3 nitrogen and oxygen atoms in total. The predicted octanol–water partition coefficient (Wildman–Crippen LogP) is 3.52. The zero-order valence-corrected chi connectivity index (χ0v) is 11.9. The molecule has 1 heterocycles. The van der Waals surface area contributed by atoms with Crippen molar-refractivity contribution in [2.75, 3.05) is 6.61 Å². The molecule has 0 saturated heterocycles. The molecule has 0 aliphatic rings. The summed E-state index contributed by atoms with van der Waals surface area (Å²) in [6.07, 6.45) is 3.22. The van der Waals surface area contributed by atoms with Crippen molar-refractivity contribution in [2.24, 2.45) is 7.05 Å². The highest BCUT2D eigenvalue weighted by Crippen LogP contribution is 2.23. The summed E-state index contributed by atoms with van der Waals surface area (Å²) in [5, 5.41) is 1.13. The molecule has 94 valence electrons. The fourth-order valence-corrected chi connectivity index (χ4v) is 2.22. The van der Waals surface area contributed by atoms with Crippen molar-refractivity contribution in [3.63, 3.8) is 0 Å². The quantitative estimate of drug-likeness (QED) is 0.642. The number of nitrogens with zero attached hydrogens (tertiary/aromatic N) is 1. The highest BCUT2D eigenvalue weighted by molar-refractivity contribution is 9.10. The number of hydrogen-bond donors (Lipinski definition) is 0. The van der Waals surface area contributed by atoms with Crippen LogP contribution in [0.5, 0.6) is 0 Å². The molecule has 2 rings (SSSR count). The second-order valence-electron chi connectivity index (χ2n) is 3.92. The van der Waals surface area contributed by atoms with Crippen LogP contribution in [0.25, 0.3) is 17.0 Å². The fraction of sp³-hybridized carbons (Fsp3) is 0.214. The molecule has 0 atom stereocenters. The Morgan fingerprint density at radius 1 is 1.44 bits per heavy atom. The van der Waals surface area contributed by atoms with Crippen molar-refractivity contribution < 1.29 is 9.53 Å². The van der Waals surface area contributed by atoms with Gasteiger partial charge >= 0.3 is 5.97 Å².